The Hall–Kier alpha value is 0.779. The Labute approximate surface area is 88.2 Å². The number of hydrogen-bond acceptors (Lipinski definition) is 2. The molecule has 6 N–H and O–H groups in total. The number of rotatable bonds is 1. The van der Waals surface area contributed by atoms with Gasteiger partial charge in [-0.3, -0.25) is 0 Å². The molecule has 60 valence electrons. The van der Waals surface area contributed by atoms with Crippen LogP contribution in [-0.4, -0.2) is 33.2 Å². The molecule has 0 aromatic rings. The van der Waals surface area contributed by atoms with E-state index in [-0.39, 0.29) is 54.4 Å². The van der Waals surface area contributed by atoms with Crippen molar-refractivity contribution in [3.8, 4) is 0 Å². The molecule has 5 nitrogen and oxygen atoms in total. The van der Waals surface area contributed by atoms with Crippen LogP contribution in [0.15, 0.2) is 0 Å². The van der Waals surface area contributed by atoms with Crippen LogP contribution in [0.5, 0.6) is 0 Å². The number of carboxylic acid groups (broad SMARTS) is 1. The maximum Gasteiger partial charge on any atom is 0.332 e. The molecule has 0 amide bonds. The summed E-state index contributed by atoms with van der Waals surface area (Å²) in [5.41, 5.74) is 0. The summed E-state index contributed by atoms with van der Waals surface area (Å²) in [6, 6.07) is 0. The topological polar surface area (TPSA) is 121 Å². The minimum Gasteiger partial charge on any atom is -0.479 e. The number of carboxylic acids is 1. The fourth-order valence-electron chi connectivity index (χ4n) is 0. The molecular weight excluding hydrogens is 212 g/mol. The SMILES string of the molecule is CC(O)C(=O)O.O.O.[Ti].[Ti]. The van der Waals surface area contributed by atoms with Crippen LogP contribution in [0, 0.1) is 0 Å². The van der Waals surface area contributed by atoms with E-state index in [0.29, 0.717) is 0 Å². The predicted octanol–water partition coefficient (Wildman–Crippen LogP) is -2.20. The monoisotopic (exact) mass is 222 g/mol. The first-order valence-corrected chi connectivity index (χ1v) is 1.55. The molecule has 1 atom stereocenters. The van der Waals surface area contributed by atoms with Gasteiger partial charge >= 0.3 is 5.97 Å². The van der Waals surface area contributed by atoms with E-state index in [1.807, 2.05) is 0 Å². The largest absolute Gasteiger partial charge is 0.479 e. The van der Waals surface area contributed by atoms with Crippen LogP contribution < -0.4 is 0 Å². The molecule has 7 heteroatoms. The van der Waals surface area contributed by atoms with Gasteiger partial charge in [0.2, 0.25) is 0 Å². The smallest absolute Gasteiger partial charge is 0.332 e. The van der Waals surface area contributed by atoms with Crippen LogP contribution in [0.25, 0.3) is 0 Å². The van der Waals surface area contributed by atoms with Crippen molar-refractivity contribution >= 4 is 5.97 Å². The molecule has 0 aliphatic carbocycles. The van der Waals surface area contributed by atoms with Crippen molar-refractivity contribution in [2.45, 2.75) is 13.0 Å². The van der Waals surface area contributed by atoms with Crippen LogP contribution in [0.3, 0.4) is 0 Å². The molecule has 0 rings (SSSR count). The molecule has 0 spiro atoms. The van der Waals surface area contributed by atoms with Gasteiger partial charge in [-0.05, 0) is 6.92 Å². The van der Waals surface area contributed by atoms with Crippen molar-refractivity contribution in [1.82, 2.24) is 0 Å². The Bertz CT molecular complexity index is 65.9. The molecule has 0 saturated carbocycles. The van der Waals surface area contributed by atoms with Gasteiger partial charge in [-0.2, -0.15) is 0 Å². The fraction of sp³-hybridized carbons (Fsp3) is 0.667. The summed E-state index contributed by atoms with van der Waals surface area (Å²) in [6.45, 7) is 1.20. The minimum atomic E-state index is -1.23. The Morgan fingerprint density at radius 1 is 1.30 bits per heavy atom. The average molecular weight is 222 g/mol. The third kappa shape index (κ3) is 23.3. The molecule has 0 saturated heterocycles. The zero-order chi connectivity index (χ0) is 5.15. The van der Waals surface area contributed by atoms with Crippen molar-refractivity contribution in [1.29, 1.82) is 0 Å². The molecule has 0 bridgehead atoms. The molecule has 0 radical (unpaired) electrons. The van der Waals surface area contributed by atoms with Gasteiger partial charge in [0.05, 0.1) is 0 Å². The summed E-state index contributed by atoms with van der Waals surface area (Å²) in [5, 5.41) is 15.8. The zero-order valence-electron chi connectivity index (χ0n) is 5.38. The second-order valence-electron chi connectivity index (χ2n) is 1.01. The van der Waals surface area contributed by atoms with Crippen LogP contribution in [0.2, 0.25) is 0 Å². The van der Waals surface area contributed by atoms with Crippen LogP contribution in [0.1, 0.15) is 6.92 Å². The molecule has 0 heterocycles. The molecule has 1 unspecified atom stereocenters. The van der Waals surface area contributed by atoms with Gasteiger partial charge in [0.1, 0.15) is 6.10 Å². The quantitative estimate of drug-likeness (QED) is 0.489. The molecule has 10 heavy (non-hydrogen) atoms. The molecule has 0 aromatic heterocycles. The first kappa shape index (κ1) is 30.9. The van der Waals surface area contributed by atoms with E-state index in [9.17, 15) is 4.79 Å². The second-order valence-corrected chi connectivity index (χ2v) is 1.01. The van der Waals surface area contributed by atoms with Gasteiger partial charge in [0.15, 0.2) is 0 Å². The van der Waals surface area contributed by atoms with Gasteiger partial charge < -0.3 is 21.2 Å². The van der Waals surface area contributed by atoms with E-state index < -0.39 is 12.1 Å². The summed E-state index contributed by atoms with van der Waals surface area (Å²) in [6.07, 6.45) is -1.23. The summed E-state index contributed by atoms with van der Waals surface area (Å²) in [5.74, 6) is -1.19. The van der Waals surface area contributed by atoms with Crippen LogP contribution in [0.4, 0.5) is 0 Å². The van der Waals surface area contributed by atoms with Crippen molar-refractivity contribution in [2.75, 3.05) is 0 Å². The molecular formula is C3H10O5Ti2. The van der Waals surface area contributed by atoms with Crippen molar-refractivity contribution in [3.63, 3.8) is 0 Å². The standard InChI is InChI=1S/C3H6O3.2H2O.2Ti/c1-2(4)3(5)6;;;;/h2,4H,1H3,(H,5,6);2*1H2;;. The Morgan fingerprint density at radius 2 is 1.40 bits per heavy atom. The van der Waals surface area contributed by atoms with E-state index in [4.69, 9.17) is 10.2 Å². The van der Waals surface area contributed by atoms with Crippen molar-refractivity contribution in [2.24, 2.45) is 0 Å². The molecule has 0 aromatic carbocycles. The number of hydrogen-bond donors (Lipinski definition) is 2. The van der Waals surface area contributed by atoms with Gasteiger partial charge in [0.25, 0.3) is 0 Å². The first-order chi connectivity index (χ1) is 2.64. The third-order valence-corrected chi connectivity index (χ3v) is 0.357. The van der Waals surface area contributed by atoms with Crippen molar-refractivity contribution < 1.29 is 69.4 Å². The van der Waals surface area contributed by atoms with Gasteiger partial charge in [-0.15, -0.1) is 0 Å². The maximum absolute atomic E-state index is 9.45. The van der Waals surface area contributed by atoms with E-state index in [2.05, 4.69) is 0 Å². The number of aliphatic carboxylic acids is 1. The van der Waals surface area contributed by atoms with Gasteiger partial charge in [0, 0.05) is 43.4 Å². The Morgan fingerprint density at radius 3 is 1.40 bits per heavy atom. The van der Waals surface area contributed by atoms with E-state index in [0.717, 1.165) is 0 Å². The fourth-order valence-corrected chi connectivity index (χ4v) is 0. The third-order valence-electron chi connectivity index (χ3n) is 0.357. The summed E-state index contributed by atoms with van der Waals surface area (Å²) >= 11 is 0. The van der Waals surface area contributed by atoms with Crippen LogP contribution in [-0.2, 0) is 48.2 Å². The van der Waals surface area contributed by atoms with E-state index >= 15 is 0 Å². The zero-order valence-corrected chi connectivity index (χ0v) is 8.50. The second kappa shape index (κ2) is 16.4. The normalized spacial score (nSPS) is 8.20. The summed E-state index contributed by atoms with van der Waals surface area (Å²) < 4.78 is 0. The van der Waals surface area contributed by atoms with Crippen molar-refractivity contribution in [3.05, 3.63) is 0 Å². The summed E-state index contributed by atoms with van der Waals surface area (Å²) in [7, 11) is 0. The minimum absolute atomic E-state index is 0. The molecule has 0 aliphatic rings. The van der Waals surface area contributed by atoms with Gasteiger partial charge in [-0.1, -0.05) is 0 Å². The van der Waals surface area contributed by atoms with E-state index in [1.54, 1.807) is 0 Å². The first-order valence-electron chi connectivity index (χ1n) is 1.55. The van der Waals surface area contributed by atoms with E-state index in [1.165, 1.54) is 6.92 Å². The number of aliphatic hydroxyl groups excluding tert-OH is 1. The molecule has 0 aliphatic heterocycles. The number of aliphatic hydroxyl groups is 1. The summed E-state index contributed by atoms with van der Waals surface area (Å²) in [4.78, 5) is 9.45. The molecule has 0 fully saturated rings. The number of carbonyl (C=O) groups is 1. The Kier molecular flexibility index (Phi) is 50.6. The average Bonchev–Trinajstić information content (AvgIpc) is 1.36. The predicted molar refractivity (Wildman–Crippen MR) is 26.5 cm³/mol. The maximum atomic E-state index is 9.45. The van der Waals surface area contributed by atoms with Gasteiger partial charge in [-0.25, -0.2) is 4.79 Å². The van der Waals surface area contributed by atoms with Crippen LogP contribution >= 0.6 is 0 Å². The Balaban J connectivity index is -0.0000000208.